The van der Waals surface area contributed by atoms with Gasteiger partial charge in [-0.05, 0) is 6.42 Å². The highest BCUT2D eigenvalue weighted by Gasteiger charge is 1.96. The second-order valence-corrected chi connectivity index (χ2v) is 7.09. The Morgan fingerprint density at radius 1 is 0.500 bits per heavy atom. The van der Waals surface area contributed by atoms with E-state index < -0.39 is 5.97 Å². The molecule has 2 heteroatoms. The number of aliphatic carboxylic acids is 1. The maximum absolute atomic E-state index is 10.3. The summed E-state index contributed by atoms with van der Waals surface area (Å²) in [6, 6.07) is 0. The van der Waals surface area contributed by atoms with Crippen LogP contribution in [-0.2, 0) is 4.79 Å². The van der Waals surface area contributed by atoms with Gasteiger partial charge in [-0.15, -0.1) is 0 Å². The summed E-state index contributed by atoms with van der Waals surface area (Å²) in [7, 11) is 0. The van der Waals surface area contributed by atoms with Crippen LogP contribution in [0.2, 0.25) is 0 Å². The molecule has 0 radical (unpaired) electrons. The Morgan fingerprint density at radius 2 is 0.750 bits per heavy atom. The predicted molar refractivity (Wildman–Crippen MR) is 108 cm³/mol. The van der Waals surface area contributed by atoms with Gasteiger partial charge in [0.15, 0.2) is 0 Å². The molecule has 0 aliphatic heterocycles. The van der Waals surface area contributed by atoms with Gasteiger partial charge >= 0.3 is 5.97 Å². The maximum Gasteiger partial charge on any atom is 0.303 e. The zero-order chi connectivity index (χ0) is 18.3. The fraction of sp³-hybridized carbons (Fsp3) is 0.955. The van der Waals surface area contributed by atoms with Gasteiger partial charge in [-0.3, -0.25) is 4.79 Å². The molecule has 0 aromatic heterocycles. The Labute approximate surface area is 152 Å². The molecule has 2 nitrogen and oxygen atoms in total. The second-order valence-electron chi connectivity index (χ2n) is 7.09. The third kappa shape index (κ3) is 29.5. The number of unbranched alkanes of at least 4 members (excludes halogenated alkanes) is 15. The molecule has 0 aromatic carbocycles. The molecule has 0 saturated heterocycles. The normalized spacial score (nSPS) is 10.3. The van der Waals surface area contributed by atoms with E-state index in [0.29, 0.717) is 6.42 Å². The summed E-state index contributed by atoms with van der Waals surface area (Å²) in [5, 5.41) is 8.49. The van der Waals surface area contributed by atoms with Crippen molar-refractivity contribution in [3.05, 3.63) is 0 Å². The molecule has 0 saturated carbocycles. The van der Waals surface area contributed by atoms with Crippen LogP contribution >= 0.6 is 0 Å². The van der Waals surface area contributed by atoms with Crippen molar-refractivity contribution in [2.75, 3.05) is 0 Å². The van der Waals surface area contributed by atoms with Gasteiger partial charge in [-0.1, -0.05) is 124 Å². The van der Waals surface area contributed by atoms with Gasteiger partial charge in [-0.25, -0.2) is 0 Å². The molecule has 0 unspecified atom stereocenters. The summed E-state index contributed by atoms with van der Waals surface area (Å²) in [5.41, 5.74) is 0. The van der Waals surface area contributed by atoms with Crippen LogP contribution in [-0.4, -0.2) is 11.1 Å². The van der Waals surface area contributed by atoms with Crippen LogP contribution in [0.15, 0.2) is 0 Å². The monoisotopic (exact) mass is 342 g/mol. The summed E-state index contributed by atoms with van der Waals surface area (Å²) in [4.78, 5) is 10.3. The first kappa shape index (κ1) is 25.7. The fourth-order valence-electron chi connectivity index (χ4n) is 2.79. The van der Waals surface area contributed by atoms with Crippen molar-refractivity contribution < 1.29 is 9.90 Å². The molecule has 0 aromatic rings. The van der Waals surface area contributed by atoms with E-state index in [4.69, 9.17) is 5.11 Å². The quantitative estimate of drug-likeness (QED) is 0.271. The van der Waals surface area contributed by atoms with Crippen LogP contribution in [0.4, 0.5) is 0 Å². The van der Waals surface area contributed by atoms with Crippen LogP contribution in [0.3, 0.4) is 0 Å². The van der Waals surface area contributed by atoms with Gasteiger partial charge in [0.05, 0.1) is 0 Å². The Hall–Kier alpha value is -0.530. The topological polar surface area (TPSA) is 37.3 Å². The van der Waals surface area contributed by atoms with E-state index in [-0.39, 0.29) is 0 Å². The first-order chi connectivity index (χ1) is 11.7. The van der Waals surface area contributed by atoms with Gasteiger partial charge in [0.1, 0.15) is 0 Å². The van der Waals surface area contributed by atoms with Gasteiger partial charge in [0.25, 0.3) is 0 Å². The van der Waals surface area contributed by atoms with Gasteiger partial charge < -0.3 is 5.11 Å². The molecule has 0 rings (SSSR count). The van der Waals surface area contributed by atoms with E-state index in [2.05, 4.69) is 20.8 Å². The fourth-order valence-corrected chi connectivity index (χ4v) is 2.79. The number of rotatable bonds is 17. The van der Waals surface area contributed by atoms with Crippen molar-refractivity contribution in [2.24, 2.45) is 0 Å². The highest BCUT2D eigenvalue weighted by molar-refractivity contribution is 5.66. The van der Waals surface area contributed by atoms with Gasteiger partial charge in [0, 0.05) is 6.42 Å². The minimum absolute atomic E-state index is 0.345. The molecule has 0 heterocycles. The summed E-state index contributed by atoms with van der Waals surface area (Å²) in [6.45, 7) is 6.72. The van der Waals surface area contributed by atoms with Crippen LogP contribution in [0.5, 0.6) is 0 Å². The second kappa shape index (κ2) is 24.7. The minimum Gasteiger partial charge on any atom is -0.481 e. The zero-order valence-corrected chi connectivity index (χ0v) is 17.1. The molecular weight excluding hydrogens is 296 g/mol. The summed E-state index contributed by atoms with van der Waals surface area (Å²) in [5.74, 6) is -0.655. The molecule has 146 valence electrons. The number of carboxylic acid groups (broad SMARTS) is 1. The molecule has 0 amide bonds. The van der Waals surface area contributed by atoms with Crippen molar-refractivity contribution in [1.29, 1.82) is 0 Å². The molecule has 0 bridgehead atoms. The van der Waals surface area contributed by atoms with E-state index in [1.165, 1.54) is 96.3 Å². The predicted octanol–water partition coefficient (Wildman–Crippen LogP) is 8.14. The Kier molecular flexibility index (Phi) is 26.5. The Balaban J connectivity index is 0. The lowest BCUT2D eigenvalue weighted by atomic mass is 10.0. The lowest BCUT2D eigenvalue weighted by Crippen LogP contribution is -1.93. The summed E-state index contributed by atoms with van der Waals surface area (Å²) in [6.07, 6.45) is 22.8. The van der Waals surface area contributed by atoms with E-state index in [1.54, 1.807) is 0 Å². The highest BCUT2D eigenvalue weighted by Crippen LogP contribution is 2.12. The van der Waals surface area contributed by atoms with E-state index in [1.807, 2.05) is 0 Å². The minimum atomic E-state index is -0.655. The smallest absolute Gasteiger partial charge is 0.303 e. The molecule has 0 aliphatic carbocycles. The average Bonchev–Trinajstić information content (AvgIpc) is 2.57. The molecule has 1 N–H and O–H groups in total. The van der Waals surface area contributed by atoms with Gasteiger partial charge in [0.2, 0.25) is 0 Å². The Morgan fingerprint density at radius 3 is 1.04 bits per heavy atom. The molecule has 0 spiro atoms. The molecular formula is C22H46O2. The molecule has 0 fully saturated rings. The summed E-state index contributed by atoms with van der Waals surface area (Å²) >= 11 is 0. The average molecular weight is 343 g/mol. The van der Waals surface area contributed by atoms with E-state index in [0.717, 1.165) is 12.8 Å². The lowest BCUT2D eigenvalue weighted by Gasteiger charge is -2.02. The first-order valence-electron chi connectivity index (χ1n) is 10.9. The van der Waals surface area contributed by atoms with E-state index >= 15 is 0 Å². The van der Waals surface area contributed by atoms with Crippen molar-refractivity contribution >= 4 is 5.97 Å². The first-order valence-corrected chi connectivity index (χ1v) is 10.9. The van der Waals surface area contributed by atoms with Crippen molar-refractivity contribution in [2.45, 2.75) is 136 Å². The van der Waals surface area contributed by atoms with Gasteiger partial charge in [-0.2, -0.15) is 0 Å². The third-order valence-corrected chi connectivity index (χ3v) is 4.45. The molecule has 0 aliphatic rings. The standard InChI is InChI=1S/C16H32O2.C6H14/c1-2-3-4-5-6-7-8-9-10-11-12-13-14-15-16(17)18;1-3-5-6-4-2/h2-15H2,1H3,(H,17,18);3-6H2,1-2H3. The lowest BCUT2D eigenvalue weighted by molar-refractivity contribution is -0.137. The number of hydrogen-bond acceptors (Lipinski definition) is 1. The molecule has 0 atom stereocenters. The Bertz CT molecular complexity index is 222. The largest absolute Gasteiger partial charge is 0.481 e. The van der Waals surface area contributed by atoms with Crippen molar-refractivity contribution in [1.82, 2.24) is 0 Å². The maximum atomic E-state index is 10.3. The number of hydrogen-bond donors (Lipinski definition) is 1. The van der Waals surface area contributed by atoms with Crippen LogP contribution in [0.1, 0.15) is 136 Å². The zero-order valence-electron chi connectivity index (χ0n) is 17.1. The van der Waals surface area contributed by atoms with Crippen LogP contribution in [0, 0.1) is 0 Å². The van der Waals surface area contributed by atoms with Crippen LogP contribution < -0.4 is 0 Å². The highest BCUT2D eigenvalue weighted by atomic mass is 16.4. The summed E-state index contributed by atoms with van der Waals surface area (Å²) < 4.78 is 0. The van der Waals surface area contributed by atoms with Crippen LogP contribution in [0.25, 0.3) is 0 Å². The van der Waals surface area contributed by atoms with Crippen molar-refractivity contribution in [3.8, 4) is 0 Å². The van der Waals surface area contributed by atoms with E-state index in [9.17, 15) is 4.79 Å². The number of carbonyl (C=O) groups is 1. The SMILES string of the molecule is CCCCCC.CCCCCCCCCCCCCCCC(=O)O. The third-order valence-electron chi connectivity index (χ3n) is 4.45. The van der Waals surface area contributed by atoms with Crippen molar-refractivity contribution in [3.63, 3.8) is 0 Å². The number of carboxylic acids is 1. The molecule has 24 heavy (non-hydrogen) atoms.